The second-order valence-corrected chi connectivity index (χ2v) is 4.46. The van der Waals surface area contributed by atoms with Gasteiger partial charge in [-0.05, 0) is 30.6 Å². The van der Waals surface area contributed by atoms with Crippen molar-refractivity contribution in [3.8, 4) is 0 Å². The second kappa shape index (κ2) is 4.69. The van der Waals surface area contributed by atoms with Crippen molar-refractivity contribution >= 4 is 0 Å². The lowest BCUT2D eigenvalue weighted by atomic mass is 9.75. The lowest BCUT2D eigenvalue weighted by molar-refractivity contribution is 0.239. The first-order valence-corrected chi connectivity index (χ1v) is 5.38. The van der Waals surface area contributed by atoms with Crippen LogP contribution in [-0.2, 0) is 0 Å². The zero-order valence-electron chi connectivity index (χ0n) is 8.55. The van der Waals surface area contributed by atoms with Gasteiger partial charge < -0.3 is 0 Å². The molecule has 0 spiro atoms. The quantitative estimate of drug-likeness (QED) is 0.555. The van der Waals surface area contributed by atoms with Crippen LogP contribution in [0.1, 0.15) is 46.0 Å². The van der Waals surface area contributed by atoms with Crippen LogP contribution in [0, 0.1) is 17.8 Å². The second-order valence-electron chi connectivity index (χ2n) is 4.46. The third-order valence-corrected chi connectivity index (χ3v) is 3.24. The van der Waals surface area contributed by atoms with Gasteiger partial charge in [-0.15, -0.1) is 6.58 Å². The Morgan fingerprint density at radius 3 is 2.17 bits per heavy atom. The molecule has 1 rings (SSSR count). The smallest absolute Gasteiger partial charge is 0.0185 e. The summed E-state index contributed by atoms with van der Waals surface area (Å²) in [5.41, 5.74) is 0. The van der Waals surface area contributed by atoms with Crippen molar-refractivity contribution in [2.24, 2.45) is 17.8 Å². The minimum absolute atomic E-state index is 0.769. The van der Waals surface area contributed by atoms with Crippen LogP contribution < -0.4 is 0 Å². The molecule has 0 aliphatic heterocycles. The molecule has 0 radical (unpaired) electrons. The van der Waals surface area contributed by atoms with E-state index in [4.69, 9.17) is 0 Å². The molecule has 0 bridgehead atoms. The minimum Gasteiger partial charge on any atom is -0.103 e. The molecule has 0 heterocycles. The largest absolute Gasteiger partial charge is 0.103 e. The fourth-order valence-corrected chi connectivity index (χ4v) is 2.53. The Morgan fingerprint density at radius 1 is 1.17 bits per heavy atom. The third-order valence-electron chi connectivity index (χ3n) is 3.24. The van der Waals surface area contributed by atoms with E-state index < -0.39 is 0 Å². The standard InChI is InChI=1S/C12H22/c1-4-12(10(2)3)11-8-6-5-7-9-11/h4,10-12H,1,5-9H2,2-3H3. The predicted octanol–water partition coefficient (Wildman–Crippen LogP) is 4.02. The first-order chi connectivity index (χ1) is 5.75. The summed E-state index contributed by atoms with van der Waals surface area (Å²) >= 11 is 0. The molecule has 1 atom stereocenters. The average molecular weight is 166 g/mol. The van der Waals surface area contributed by atoms with E-state index in [1.807, 2.05) is 0 Å². The highest BCUT2D eigenvalue weighted by Gasteiger charge is 2.23. The molecule has 0 aromatic rings. The summed E-state index contributed by atoms with van der Waals surface area (Å²) in [4.78, 5) is 0. The molecular formula is C12H22. The van der Waals surface area contributed by atoms with Crippen molar-refractivity contribution in [2.75, 3.05) is 0 Å². The maximum absolute atomic E-state index is 3.96. The van der Waals surface area contributed by atoms with Crippen molar-refractivity contribution in [2.45, 2.75) is 46.0 Å². The molecule has 70 valence electrons. The molecule has 0 aromatic carbocycles. The van der Waals surface area contributed by atoms with Gasteiger partial charge in [0.15, 0.2) is 0 Å². The van der Waals surface area contributed by atoms with Crippen LogP contribution in [0.15, 0.2) is 12.7 Å². The van der Waals surface area contributed by atoms with E-state index in [1.165, 1.54) is 32.1 Å². The molecule has 1 saturated carbocycles. The molecule has 1 aliphatic rings. The highest BCUT2D eigenvalue weighted by molar-refractivity contribution is 4.87. The summed E-state index contributed by atoms with van der Waals surface area (Å²) in [6.45, 7) is 8.60. The normalized spacial score (nSPS) is 22.6. The SMILES string of the molecule is C=CC(C(C)C)C1CCCCC1. The van der Waals surface area contributed by atoms with Gasteiger partial charge in [-0.1, -0.05) is 39.2 Å². The zero-order valence-corrected chi connectivity index (χ0v) is 8.55. The summed E-state index contributed by atoms with van der Waals surface area (Å²) < 4.78 is 0. The van der Waals surface area contributed by atoms with Gasteiger partial charge in [0.2, 0.25) is 0 Å². The highest BCUT2D eigenvalue weighted by Crippen LogP contribution is 2.34. The molecule has 1 unspecified atom stereocenters. The van der Waals surface area contributed by atoms with Crippen LogP contribution in [0.3, 0.4) is 0 Å². The molecule has 1 aliphatic carbocycles. The maximum Gasteiger partial charge on any atom is -0.0185 e. The predicted molar refractivity (Wildman–Crippen MR) is 55.1 cm³/mol. The summed E-state index contributed by atoms with van der Waals surface area (Å²) in [5, 5.41) is 0. The van der Waals surface area contributed by atoms with Gasteiger partial charge >= 0.3 is 0 Å². The summed E-state index contributed by atoms with van der Waals surface area (Å²) in [7, 11) is 0. The van der Waals surface area contributed by atoms with E-state index in [9.17, 15) is 0 Å². The van der Waals surface area contributed by atoms with Gasteiger partial charge in [-0.25, -0.2) is 0 Å². The highest BCUT2D eigenvalue weighted by atomic mass is 14.3. The van der Waals surface area contributed by atoms with Crippen LogP contribution in [0.5, 0.6) is 0 Å². The Kier molecular flexibility index (Phi) is 3.84. The van der Waals surface area contributed by atoms with Gasteiger partial charge in [0.1, 0.15) is 0 Å². The van der Waals surface area contributed by atoms with Crippen LogP contribution in [0.2, 0.25) is 0 Å². The Hall–Kier alpha value is -0.260. The molecule has 0 aromatic heterocycles. The lowest BCUT2D eigenvalue weighted by Crippen LogP contribution is -2.20. The summed E-state index contributed by atoms with van der Waals surface area (Å²) in [5.74, 6) is 2.49. The van der Waals surface area contributed by atoms with E-state index >= 15 is 0 Å². The van der Waals surface area contributed by atoms with Gasteiger partial charge in [0.05, 0.1) is 0 Å². The van der Waals surface area contributed by atoms with E-state index in [2.05, 4.69) is 26.5 Å². The van der Waals surface area contributed by atoms with E-state index in [1.54, 1.807) is 0 Å². The van der Waals surface area contributed by atoms with Gasteiger partial charge in [-0.3, -0.25) is 0 Å². The van der Waals surface area contributed by atoms with Crippen molar-refractivity contribution in [1.82, 2.24) is 0 Å². The number of rotatable bonds is 3. The van der Waals surface area contributed by atoms with Gasteiger partial charge in [0.25, 0.3) is 0 Å². The maximum atomic E-state index is 3.96. The molecule has 0 nitrogen and oxygen atoms in total. The molecule has 0 saturated heterocycles. The third kappa shape index (κ3) is 2.36. The van der Waals surface area contributed by atoms with Crippen molar-refractivity contribution in [3.05, 3.63) is 12.7 Å². The van der Waals surface area contributed by atoms with Crippen molar-refractivity contribution < 1.29 is 0 Å². The van der Waals surface area contributed by atoms with E-state index in [-0.39, 0.29) is 0 Å². The fraction of sp³-hybridized carbons (Fsp3) is 0.833. The summed E-state index contributed by atoms with van der Waals surface area (Å²) in [6, 6.07) is 0. The van der Waals surface area contributed by atoms with Crippen LogP contribution in [0.4, 0.5) is 0 Å². The number of hydrogen-bond donors (Lipinski definition) is 0. The number of hydrogen-bond acceptors (Lipinski definition) is 0. The number of allylic oxidation sites excluding steroid dienone is 1. The van der Waals surface area contributed by atoms with Crippen molar-refractivity contribution in [3.63, 3.8) is 0 Å². The average Bonchev–Trinajstić information content (AvgIpc) is 2.07. The van der Waals surface area contributed by atoms with Crippen LogP contribution in [0.25, 0.3) is 0 Å². The molecular weight excluding hydrogens is 144 g/mol. The Bertz CT molecular complexity index is 129. The first kappa shape index (κ1) is 9.83. The molecule has 0 amide bonds. The topological polar surface area (TPSA) is 0 Å². The lowest BCUT2D eigenvalue weighted by Gasteiger charge is -2.30. The minimum atomic E-state index is 0.769. The van der Waals surface area contributed by atoms with Gasteiger partial charge in [0, 0.05) is 0 Å². The molecule has 0 N–H and O–H groups in total. The van der Waals surface area contributed by atoms with Crippen LogP contribution >= 0.6 is 0 Å². The molecule has 0 heteroatoms. The molecule has 12 heavy (non-hydrogen) atoms. The Labute approximate surface area is 77.1 Å². The Morgan fingerprint density at radius 2 is 1.75 bits per heavy atom. The van der Waals surface area contributed by atoms with E-state index in [0.29, 0.717) is 0 Å². The summed E-state index contributed by atoms with van der Waals surface area (Å²) in [6.07, 6.45) is 9.41. The fourth-order valence-electron chi connectivity index (χ4n) is 2.53. The zero-order chi connectivity index (χ0) is 8.97. The van der Waals surface area contributed by atoms with E-state index in [0.717, 1.165) is 17.8 Å². The first-order valence-electron chi connectivity index (χ1n) is 5.38. The van der Waals surface area contributed by atoms with Gasteiger partial charge in [-0.2, -0.15) is 0 Å². The van der Waals surface area contributed by atoms with Crippen LogP contribution in [-0.4, -0.2) is 0 Å². The van der Waals surface area contributed by atoms with Crippen molar-refractivity contribution in [1.29, 1.82) is 0 Å². The molecule has 1 fully saturated rings. The Balaban J connectivity index is 2.45. The monoisotopic (exact) mass is 166 g/mol.